The Morgan fingerprint density at radius 3 is 2.26 bits per heavy atom. The number of nitrogens with zero attached hydrogens (tertiary/aromatic N) is 1. The third-order valence-corrected chi connectivity index (χ3v) is 7.80. The largest absolute Gasteiger partial charge is 0.326 e. The first-order chi connectivity index (χ1) is 14.8. The van der Waals surface area contributed by atoms with Crippen LogP contribution in [0.4, 0.5) is 11.4 Å². The van der Waals surface area contributed by atoms with Crippen LogP contribution in [0.15, 0.2) is 53.4 Å². The third-order valence-electron chi connectivity index (χ3n) is 5.91. The smallest absolute Gasteiger partial charge is 0.255 e. The van der Waals surface area contributed by atoms with Gasteiger partial charge in [0.1, 0.15) is 0 Å². The van der Waals surface area contributed by atoms with Crippen molar-refractivity contribution in [3.8, 4) is 0 Å². The molecule has 0 radical (unpaired) electrons. The van der Waals surface area contributed by atoms with Gasteiger partial charge in [0, 0.05) is 35.9 Å². The molecule has 1 aliphatic heterocycles. The molecule has 0 aromatic heterocycles. The number of nitrogens with one attached hydrogen (secondary N) is 2. The van der Waals surface area contributed by atoms with E-state index in [0.717, 1.165) is 25.7 Å². The molecule has 8 heteroatoms. The first-order valence-corrected chi connectivity index (χ1v) is 12.1. The monoisotopic (exact) mass is 441 g/mol. The fourth-order valence-corrected chi connectivity index (χ4v) is 5.38. The Hall–Kier alpha value is -2.71. The molecule has 31 heavy (non-hydrogen) atoms. The molecule has 2 unspecified atom stereocenters. The lowest BCUT2D eigenvalue weighted by molar-refractivity contribution is -0.117. The second-order valence-electron chi connectivity index (χ2n) is 8.33. The predicted octanol–water partition coefficient (Wildman–Crippen LogP) is 3.71. The molecule has 1 saturated heterocycles. The van der Waals surface area contributed by atoms with Crippen molar-refractivity contribution in [2.45, 2.75) is 37.5 Å². The van der Waals surface area contributed by atoms with Crippen LogP contribution in [0.1, 0.15) is 43.0 Å². The molecule has 0 spiro atoms. The minimum absolute atomic E-state index is 0.0106. The van der Waals surface area contributed by atoms with E-state index in [1.807, 2.05) is 6.92 Å². The first-order valence-electron chi connectivity index (χ1n) is 10.7. The van der Waals surface area contributed by atoms with Gasteiger partial charge in [-0.2, -0.15) is 4.31 Å². The molecular weight excluding hydrogens is 414 g/mol. The summed E-state index contributed by atoms with van der Waals surface area (Å²) in [6, 6.07) is 13.0. The van der Waals surface area contributed by atoms with Gasteiger partial charge in [-0.25, -0.2) is 8.42 Å². The van der Waals surface area contributed by atoms with Crippen molar-refractivity contribution in [3.05, 3.63) is 54.1 Å². The molecule has 1 saturated carbocycles. The molecule has 2 amide bonds. The van der Waals surface area contributed by atoms with Crippen molar-refractivity contribution in [2.24, 2.45) is 11.8 Å². The molecule has 2 fully saturated rings. The second-order valence-corrected chi connectivity index (χ2v) is 10.3. The lowest BCUT2D eigenvalue weighted by Gasteiger charge is -2.26. The molecule has 2 N–H and O–H groups in total. The number of piperidine rings is 1. The summed E-state index contributed by atoms with van der Waals surface area (Å²) in [6.07, 6.45) is 3.70. The van der Waals surface area contributed by atoms with Gasteiger partial charge in [0.2, 0.25) is 15.9 Å². The Bertz CT molecular complexity index is 1080. The zero-order chi connectivity index (χ0) is 22.0. The summed E-state index contributed by atoms with van der Waals surface area (Å²) in [6.45, 7) is 3.10. The number of hydrogen-bond donors (Lipinski definition) is 2. The number of amides is 2. The first kappa shape index (κ1) is 21.5. The Morgan fingerprint density at radius 2 is 1.61 bits per heavy atom. The molecular formula is C23H27N3O4S. The average molecular weight is 442 g/mol. The molecule has 2 aromatic rings. The maximum absolute atomic E-state index is 12.9. The van der Waals surface area contributed by atoms with E-state index in [9.17, 15) is 18.0 Å². The van der Waals surface area contributed by atoms with Crippen LogP contribution in [-0.4, -0.2) is 37.6 Å². The minimum atomic E-state index is -3.57. The van der Waals surface area contributed by atoms with Crippen LogP contribution >= 0.6 is 0 Å². The number of hydrogen-bond acceptors (Lipinski definition) is 4. The van der Waals surface area contributed by atoms with E-state index in [0.29, 0.717) is 35.9 Å². The molecule has 2 aromatic carbocycles. The highest BCUT2D eigenvalue weighted by Crippen LogP contribution is 2.38. The maximum Gasteiger partial charge on any atom is 0.255 e. The molecule has 4 rings (SSSR count). The molecule has 2 atom stereocenters. The van der Waals surface area contributed by atoms with Gasteiger partial charge in [-0.15, -0.1) is 0 Å². The maximum atomic E-state index is 12.9. The van der Waals surface area contributed by atoms with Crippen LogP contribution in [0.25, 0.3) is 0 Å². The summed E-state index contributed by atoms with van der Waals surface area (Å²) in [5, 5.41) is 5.62. The van der Waals surface area contributed by atoms with E-state index in [1.54, 1.807) is 42.5 Å². The van der Waals surface area contributed by atoms with Gasteiger partial charge >= 0.3 is 0 Å². The zero-order valence-corrected chi connectivity index (χ0v) is 18.3. The van der Waals surface area contributed by atoms with E-state index in [-0.39, 0.29) is 22.6 Å². The van der Waals surface area contributed by atoms with Crippen LogP contribution in [0.5, 0.6) is 0 Å². The third kappa shape index (κ3) is 4.97. The quantitative estimate of drug-likeness (QED) is 0.714. The normalized spacial score (nSPS) is 21.3. The van der Waals surface area contributed by atoms with Crippen LogP contribution in [-0.2, 0) is 14.8 Å². The summed E-state index contributed by atoms with van der Waals surface area (Å²) in [4.78, 5) is 24.8. The van der Waals surface area contributed by atoms with Gasteiger partial charge in [-0.3, -0.25) is 9.59 Å². The molecule has 0 bridgehead atoms. The molecule has 1 aliphatic carbocycles. The van der Waals surface area contributed by atoms with Crippen molar-refractivity contribution in [1.82, 2.24) is 4.31 Å². The molecule has 7 nitrogen and oxygen atoms in total. The van der Waals surface area contributed by atoms with Gasteiger partial charge in [0.15, 0.2) is 0 Å². The Kier molecular flexibility index (Phi) is 6.11. The number of anilines is 2. The summed E-state index contributed by atoms with van der Waals surface area (Å²) in [5.41, 5.74) is 1.49. The van der Waals surface area contributed by atoms with Crippen molar-refractivity contribution < 1.29 is 18.0 Å². The summed E-state index contributed by atoms with van der Waals surface area (Å²) < 4.78 is 27.3. The van der Waals surface area contributed by atoms with E-state index in [2.05, 4.69) is 10.6 Å². The molecule has 2 aliphatic rings. The highest BCUT2D eigenvalue weighted by atomic mass is 32.2. The fraction of sp³-hybridized carbons (Fsp3) is 0.391. The van der Waals surface area contributed by atoms with E-state index >= 15 is 0 Å². The average Bonchev–Trinajstić information content (AvgIpc) is 3.52. The topological polar surface area (TPSA) is 95.6 Å². The summed E-state index contributed by atoms with van der Waals surface area (Å²) in [7, 11) is -3.57. The van der Waals surface area contributed by atoms with Gasteiger partial charge in [-0.05, 0) is 67.6 Å². The number of carbonyl (C=O) groups excluding carboxylic acids is 2. The van der Waals surface area contributed by atoms with Crippen LogP contribution in [0, 0.1) is 11.8 Å². The number of sulfonamides is 1. The van der Waals surface area contributed by atoms with Crippen LogP contribution in [0.3, 0.4) is 0 Å². The fourth-order valence-electron chi connectivity index (χ4n) is 3.82. The van der Waals surface area contributed by atoms with Gasteiger partial charge in [0.25, 0.3) is 5.91 Å². The highest BCUT2D eigenvalue weighted by Gasteiger charge is 2.39. The van der Waals surface area contributed by atoms with E-state index < -0.39 is 10.0 Å². The van der Waals surface area contributed by atoms with Crippen molar-refractivity contribution in [2.75, 3.05) is 23.7 Å². The standard InChI is InChI=1S/C23H27N3O4S/c1-16-14-21(16)23(28)24-18-10-8-17(9-11-18)22(27)25-19-6-5-7-20(15-19)31(29,30)26-12-3-2-4-13-26/h5-11,15-16,21H,2-4,12-14H2,1H3,(H,24,28)(H,25,27). The second kappa shape index (κ2) is 8.80. The zero-order valence-electron chi connectivity index (χ0n) is 17.5. The number of carbonyl (C=O) groups is 2. The Balaban J connectivity index is 1.41. The van der Waals surface area contributed by atoms with E-state index in [1.165, 1.54) is 10.4 Å². The van der Waals surface area contributed by atoms with E-state index in [4.69, 9.17) is 0 Å². The lowest BCUT2D eigenvalue weighted by Crippen LogP contribution is -2.35. The lowest BCUT2D eigenvalue weighted by atomic mass is 10.2. The molecule has 1 heterocycles. The van der Waals surface area contributed by atoms with Crippen molar-refractivity contribution in [1.29, 1.82) is 0 Å². The Labute approximate surface area is 182 Å². The van der Waals surface area contributed by atoms with Crippen LogP contribution < -0.4 is 10.6 Å². The SMILES string of the molecule is CC1CC1C(=O)Nc1ccc(C(=O)Nc2cccc(S(=O)(=O)N3CCCCC3)c2)cc1. The van der Waals surface area contributed by atoms with Gasteiger partial charge in [-0.1, -0.05) is 19.4 Å². The van der Waals surface area contributed by atoms with Gasteiger partial charge in [0.05, 0.1) is 4.90 Å². The van der Waals surface area contributed by atoms with Crippen LogP contribution in [0.2, 0.25) is 0 Å². The summed E-state index contributed by atoms with van der Waals surface area (Å²) in [5.74, 6) is 0.175. The summed E-state index contributed by atoms with van der Waals surface area (Å²) >= 11 is 0. The predicted molar refractivity (Wildman–Crippen MR) is 119 cm³/mol. The minimum Gasteiger partial charge on any atom is -0.326 e. The molecule has 164 valence electrons. The van der Waals surface area contributed by atoms with Crippen molar-refractivity contribution in [3.63, 3.8) is 0 Å². The number of benzene rings is 2. The highest BCUT2D eigenvalue weighted by molar-refractivity contribution is 7.89. The number of rotatable bonds is 6. The van der Waals surface area contributed by atoms with Gasteiger partial charge < -0.3 is 10.6 Å². The van der Waals surface area contributed by atoms with Crippen molar-refractivity contribution >= 4 is 33.2 Å². The Morgan fingerprint density at radius 1 is 0.935 bits per heavy atom.